The molecular formula is C14H10N2OS. The van der Waals surface area contributed by atoms with Crippen LogP contribution in [0.4, 0.5) is 0 Å². The average molecular weight is 254 g/mol. The Hall–Kier alpha value is -2.20. The van der Waals surface area contributed by atoms with Gasteiger partial charge in [-0.15, -0.1) is 11.3 Å². The second-order valence-electron chi connectivity index (χ2n) is 3.83. The molecule has 18 heavy (non-hydrogen) atoms. The van der Waals surface area contributed by atoms with Crippen molar-refractivity contribution >= 4 is 33.7 Å². The number of fused-ring (bicyclic) bond motifs is 1. The van der Waals surface area contributed by atoms with E-state index >= 15 is 0 Å². The molecule has 0 aliphatic rings. The number of thiophene rings is 1. The topological polar surface area (TPSA) is 45.8 Å². The lowest BCUT2D eigenvalue weighted by Gasteiger charge is -1.94. The fourth-order valence-corrected chi connectivity index (χ4v) is 2.47. The van der Waals surface area contributed by atoms with Gasteiger partial charge < -0.3 is 4.98 Å². The first-order valence-corrected chi connectivity index (χ1v) is 6.41. The largest absolute Gasteiger partial charge is 0.306 e. The van der Waals surface area contributed by atoms with Crippen LogP contribution in [0.25, 0.3) is 22.4 Å². The standard InChI is InChI=1S/C14H10N2OS/c17-13-11-8-9-18-14(11)16-12(15-13)7-6-10-4-2-1-3-5-10/h1-9H,(H,15,16,17)/b7-6+. The third-order valence-corrected chi connectivity index (χ3v) is 3.39. The van der Waals surface area contributed by atoms with Crippen LogP contribution < -0.4 is 5.56 Å². The molecule has 88 valence electrons. The van der Waals surface area contributed by atoms with Gasteiger partial charge in [-0.1, -0.05) is 36.4 Å². The van der Waals surface area contributed by atoms with Crippen LogP contribution in [0.5, 0.6) is 0 Å². The van der Waals surface area contributed by atoms with Crippen molar-refractivity contribution in [1.82, 2.24) is 9.97 Å². The zero-order valence-corrected chi connectivity index (χ0v) is 10.3. The molecule has 0 amide bonds. The summed E-state index contributed by atoms with van der Waals surface area (Å²) in [4.78, 5) is 19.7. The molecule has 1 aromatic carbocycles. The molecule has 3 aromatic rings. The molecule has 0 aliphatic heterocycles. The molecule has 3 rings (SSSR count). The summed E-state index contributed by atoms with van der Waals surface area (Å²) in [5.74, 6) is 0.582. The van der Waals surface area contributed by atoms with Gasteiger partial charge >= 0.3 is 0 Å². The van der Waals surface area contributed by atoms with Crippen LogP contribution in [0.2, 0.25) is 0 Å². The van der Waals surface area contributed by atoms with E-state index in [9.17, 15) is 4.79 Å². The van der Waals surface area contributed by atoms with Gasteiger partial charge in [-0.05, 0) is 23.1 Å². The third kappa shape index (κ3) is 2.10. The predicted molar refractivity (Wildman–Crippen MR) is 75.6 cm³/mol. The summed E-state index contributed by atoms with van der Waals surface area (Å²) in [5, 5.41) is 2.52. The van der Waals surface area contributed by atoms with E-state index in [0.29, 0.717) is 11.2 Å². The molecule has 0 spiro atoms. The van der Waals surface area contributed by atoms with Crippen molar-refractivity contribution in [2.75, 3.05) is 0 Å². The highest BCUT2D eigenvalue weighted by atomic mass is 32.1. The second kappa shape index (κ2) is 4.58. The van der Waals surface area contributed by atoms with Crippen molar-refractivity contribution in [3.05, 3.63) is 63.5 Å². The van der Waals surface area contributed by atoms with Crippen molar-refractivity contribution in [3.8, 4) is 0 Å². The fourth-order valence-electron chi connectivity index (χ4n) is 1.70. The highest BCUT2D eigenvalue weighted by molar-refractivity contribution is 7.16. The van der Waals surface area contributed by atoms with Gasteiger partial charge in [-0.25, -0.2) is 4.98 Å². The summed E-state index contributed by atoms with van der Waals surface area (Å²) in [6, 6.07) is 11.7. The number of rotatable bonds is 2. The zero-order chi connectivity index (χ0) is 12.4. The van der Waals surface area contributed by atoms with E-state index in [2.05, 4.69) is 9.97 Å². The Labute approximate surface area is 107 Å². The van der Waals surface area contributed by atoms with Crippen molar-refractivity contribution in [1.29, 1.82) is 0 Å². The van der Waals surface area contributed by atoms with Crippen molar-refractivity contribution in [3.63, 3.8) is 0 Å². The van der Waals surface area contributed by atoms with E-state index in [1.165, 1.54) is 11.3 Å². The van der Waals surface area contributed by atoms with Crippen molar-refractivity contribution < 1.29 is 0 Å². The number of nitrogens with one attached hydrogen (secondary N) is 1. The van der Waals surface area contributed by atoms with Crippen LogP contribution in [0, 0.1) is 0 Å². The minimum absolute atomic E-state index is 0.0889. The number of aromatic amines is 1. The Morgan fingerprint density at radius 1 is 1.11 bits per heavy atom. The van der Waals surface area contributed by atoms with E-state index in [0.717, 1.165) is 10.4 Å². The van der Waals surface area contributed by atoms with Gasteiger partial charge in [0, 0.05) is 0 Å². The summed E-state index contributed by atoms with van der Waals surface area (Å²) < 4.78 is 0. The van der Waals surface area contributed by atoms with Gasteiger partial charge in [-0.3, -0.25) is 4.79 Å². The average Bonchev–Trinajstić information content (AvgIpc) is 2.86. The normalized spacial score (nSPS) is 11.3. The minimum atomic E-state index is -0.0889. The first-order valence-electron chi connectivity index (χ1n) is 5.53. The molecule has 0 radical (unpaired) electrons. The number of benzene rings is 1. The van der Waals surface area contributed by atoms with Crippen molar-refractivity contribution in [2.24, 2.45) is 0 Å². The number of hydrogen-bond acceptors (Lipinski definition) is 3. The monoisotopic (exact) mass is 254 g/mol. The molecule has 4 heteroatoms. The molecule has 0 atom stereocenters. The Balaban J connectivity index is 2.00. The molecule has 2 heterocycles. The van der Waals surface area contributed by atoms with E-state index < -0.39 is 0 Å². The summed E-state index contributed by atoms with van der Waals surface area (Å²) in [7, 11) is 0. The quantitative estimate of drug-likeness (QED) is 0.763. The Bertz CT molecular complexity index is 756. The molecular weight excluding hydrogens is 244 g/mol. The number of H-pyrrole nitrogens is 1. The lowest BCUT2D eigenvalue weighted by atomic mass is 10.2. The minimum Gasteiger partial charge on any atom is -0.306 e. The summed E-state index contributed by atoms with van der Waals surface area (Å²) >= 11 is 1.47. The molecule has 3 nitrogen and oxygen atoms in total. The summed E-state index contributed by atoms with van der Waals surface area (Å²) in [6.45, 7) is 0. The summed E-state index contributed by atoms with van der Waals surface area (Å²) in [5.41, 5.74) is 0.986. The maximum absolute atomic E-state index is 11.7. The van der Waals surface area contributed by atoms with Crippen molar-refractivity contribution in [2.45, 2.75) is 0 Å². The van der Waals surface area contributed by atoms with Gasteiger partial charge in [0.25, 0.3) is 5.56 Å². The van der Waals surface area contributed by atoms with Gasteiger partial charge in [0.15, 0.2) is 0 Å². The van der Waals surface area contributed by atoms with Gasteiger partial charge in [0.1, 0.15) is 10.7 Å². The zero-order valence-electron chi connectivity index (χ0n) is 9.46. The maximum Gasteiger partial charge on any atom is 0.259 e. The van der Waals surface area contributed by atoms with E-state index in [1.54, 1.807) is 6.07 Å². The van der Waals surface area contributed by atoms with E-state index in [-0.39, 0.29) is 5.56 Å². The van der Waals surface area contributed by atoms with Crippen LogP contribution in [-0.4, -0.2) is 9.97 Å². The lowest BCUT2D eigenvalue weighted by Crippen LogP contribution is -2.07. The van der Waals surface area contributed by atoms with Gasteiger partial charge in [-0.2, -0.15) is 0 Å². The van der Waals surface area contributed by atoms with Gasteiger partial charge in [0.2, 0.25) is 0 Å². The first-order chi connectivity index (χ1) is 8.83. The number of hydrogen-bond donors (Lipinski definition) is 1. The van der Waals surface area contributed by atoms with Crippen LogP contribution >= 0.6 is 11.3 Å². The van der Waals surface area contributed by atoms with Gasteiger partial charge in [0.05, 0.1) is 5.39 Å². The second-order valence-corrected chi connectivity index (χ2v) is 4.73. The Kier molecular flexibility index (Phi) is 2.78. The maximum atomic E-state index is 11.7. The smallest absolute Gasteiger partial charge is 0.259 e. The number of nitrogens with zero attached hydrogens (tertiary/aromatic N) is 1. The molecule has 0 saturated heterocycles. The van der Waals surface area contributed by atoms with Crippen LogP contribution in [0.15, 0.2) is 46.6 Å². The lowest BCUT2D eigenvalue weighted by molar-refractivity contribution is 1.15. The van der Waals surface area contributed by atoms with Crippen LogP contribution in [-0.2, 0) is 0 Å². The molecule has 0 bridgehead atoms. The van der Waals surface area contributed by atoms with E-state index in [4.69, 9.17) is 0 Å². The molecule has 0 fully saturated rings. The molecule has 2 aromatic heterocycles. The summed E-state index contributed by atoms with van der Waals surface area (Å²) in [6.07, 6.45) is 3.74. The molecule has 0 saturated carbocycles. The predicted octanol–water partition coefficient (Wildman–Crippen LogP) is 3.16. The Morgan fingerprint density at radius 3 is 2.78 bits per heavy atom. The fraction of sp³-hybridized carbons (Fsp3) is 0. The Morgan fingerprint density at radius 2 is 1.94 bits per heavy atom. The van der Waals surface area contributed by atoms with Crippen LogP contribution in [0.3, 0.4) is 0 Å². The highest BCUT2D eigenvalue weighted by Gasteiger charge is 2.02. The number of aromatic nitrogens is 2. The first kappa shape index (κ1) is 10.9. The van der Waals surface area contributed by atoms with E-state index in [1.807, 2.05) is 47.9 Å². The molecule has 1 N–H and O–H groups in total. The molecule has 0 aliphatic carbocycles. The SMILES string of the molecule is O=c1[nH]c(/C=C/c2ccccc2)nc2sccc12. The highest BCUT2D eigenvalue weighted by Crippen LogP contribution is 2.14. The third-order valence-electron chi connectivity index (χ3n) is 2.59. The van der Waals surface area contributed by atoms with Crippen LogP contribution in [0.1, 0.15) is 11.4 Å². The molecule has 0 unspecified atom stereocenters.